The van der Waals surface area contributed by atoms with Gasteiger partial charge >= 0.3 is 0 Å². The Balaban J connectivity index is 1.60. The van der Waals surface area contributed by atoms with Gasteiger partial charge in [0.2, 0.25) is 10.7 Å². The van der Waals surface area contributed by atoms with Crippen LogP contribution in [0.25, 0.3) is 6.08 Å². The third-order valence-corrected chi connectivity index (χ3v) is 5.97. The Morgan fingerprint density at radius 3 is 2.58 bits per heavy atom. The maximum Gasteiger partial charge on any atom is 0.245 e. The summed E-state index contributed by atoms with van der Waals surface area (Å²) >= 11 is 4.03. The third-order valence-electron chi connectivity index (χ3n) is 4.57. The van der Waals surface area contributed by atoms with Gasteiger partial charge in [-0.2, -0.15) is 0 Å². The Labute approximate surface area is 186 Å². The minimum absolute atomic E-state index is 0.0339. The average molecular weight is 454 g/mol. The molecule has 0 radical (unpaired) electrons. The lowest BCUT2D eigenvalue weighted by Crippen LogP contribution is -2.27. The standard InChI is InChI=1S/C24H14ClF2NO2S/c25-20-13-17(6-10-21(20)27)14-23-24(29)19-12-16(7-11-22(19)28-31(23)30)3-1-2-15-4-8-18(26)9-5-15/h4-14,28H,2H2/b23-14-. The molecule has 3 aromatic carbocycles. The molecule has 1 aliphatic heterocycles. The van der Waals surface area contributed by atoms with Crippen molar-refractivity contribution in [1.29, 1.82) is 0 Å². The van der Waals surface area contributed by atoms with Crippen molar-refractivity contribution in [2.24, 2.45) is 0 Å². The molecule has 3 nitrogen and oxygen atoms in total. The topological polar surface area (TPSA) is 52.2 Å². The highest BCUT2D eigenvalue weighted by Crippen LogP contribution is 2.31. The first-order valence-electron chi connectivity index (χ1n) is 9.18. The van der Waals surface area contributed by atoms with Crippen LogP contribution in [0.3, 0.4) is 0 Å². The zero-order valence-electron chi connectivity index (χ0n) is 15.9. The minimum atomic E-state index is -1.76. The second-order valence-corrected chi connectivity index (χ2v) is 8.34. The van der Waals surface area contributed by atoms with Crippen LogP contribution < -0.4 is 4.72 Å². The van der Waals surface area contributed by atoms with Crippen molar-refractivity contribution in [2.75, 3.05) is 4.72 Å². The van der Waals surface area contributed by atoms with E-state index < -0.39 is 23.0 Å². The van der Waals surface area contributed by atoms with Crippen LogP contribution in [0.5, 0.6) is 0 Å². The van der Waals surface area contributed by atoms with E-state index in [1.54, 1.807) is 30.3 Å². The molecule has 0 spiro atoms. The van der Waals surface area contributed by atoms with Gasteiger partial charge in [0.25, 0.3) is 0 Å². The Morgan fingerprint density at radius 1 is 1.06 bits per heavy atom. The van der Waals surface area contributed by atoms with Crippen LogP contribution in [0.15, 0.2) is 65.6 Å². The normalized spacial score (nSPS) is 16.3. The van der Waals surface area contributed by atoms with Crippen molar-refractivity contribution in [2.45, 2.75) is 6.42 Å². The van der Waals surface area contributed by atoms with Gasteiger partial charge in [0, 0.05) is 18.1 Å². The monoisotopic (exact) mass is 453 g/mol. The number of rotatable bonds is 2. The average Bonchev–Trinajstić information content (AvgIpc) is 2.75. The predicted octanol–water partition coefficient (Wildman–Crippen LogP) is 5.53. The number of nitrogens with one attached hydrogen (secondary N) is 1. The van der Waals surface area contributed by atoms with Gasteiger partial charge in [-0.25, -0.2) is 13.5 Å². The molecular formula is C24H14ClF2NO2S. The number of anilines is 1. The van der Waals surface area contributed by atoms with Crippen LogP contribution in [-0.4, -0.2) is 10.3 Å². The number of halogens is 3. The van der Waals surface area contributed by atoms with E-state index in [2.05, 4.69) is 16.6 Å². The number of carbonyl (C=O) groups is 1. The molecular weight excluding hydrogens is 440 g/mol. The van der Waals surface area contributed by atoms with Crippen molar-refractivity contribution in [3.8, 4) is 11.8 Å². The quantitative estimate of drug-likeness (QED) is 0.315. The van der Waals surface area contributed by atoms with E-state index in [9.17, 15) is 18.1 Å². The molecule has 1 atom stereocenters. The Bertz CT molecular complexity index is 1260. The van der Waals surface area contributed by atoms with Crippen molar-refractivity contribution < 1.29 is 18.1 Å². The highest BCUT2D eigenvalue weighted by Gasteiger charge is 2.33. The molecule has 3 aromatic rings. The van der Waals surface area contributed by atoms with Gasteiger partial charge in [0.05, 0.1) is 16.3 Å². The second kappa shape index (κ2) is 8.94. The van der Waals surface area contributed by atoms with E-state index in [-0.39, 0.29) is 15.7 Å². The summed E-state index contributed by atoms with van der Waals surface area (Å²) in [4.78, 5) is 13.0. The fourth-order valence-electron chi connectivity index (χ4n) is 2.99. The molecule has 7 heteroatoms. The largest absolute Gasteiger partial charge is 0.588 e. The lowest BCUT2D eigenvalue weighted by molar-refractivity contribution is 0.104. The van der Waals surface area contributed by atoms with Crippen LogP contribution in [0.4, 0.5) is 14.5 Å². The maximum atomic E-state index is 13.4. The maximum absolute atomic E-state index is 13.4. The lowest BCUT2D eigenvalue weighted by Gasteiger charge is -2.21. The van der Waals surface area contributed by atoms with Crippen LogP contribution >= 0.6 is 11.6 Å². The molecule has 154 valence electrons. The van der Waals surface area contributed by atoms with E-state index in [1.165, 1.54) is 36.4 Å². The van der Waals surface area contributed by atoms with Crippen LogP contribution in [0.1, 0.15) is 27.0 Å². The molecule has 0 saturated carbocycles. The van der Waals surface area contributed by atoms with Gasteiger partial charge in [-0.05, 0) is 53.6 Å². The summed E-state index contributed by atoms with van der Waals surface area (Å²) in [6, 6.07) is 15.1. The molecule has 1 heterocycles. The molecule has 0 bridgehead atoms. The Morgan fingerprint density at radius 2 is 1.84 bits per heavy atom. The molecule has 4 rings (SSSR count). The van der Waals surface area contributed by atoms with E-state index in [0.29, 0.717) is 28.8 Å². The van der Waals surface area contributed by atoms with Gasteiger partial charge in [-0.3, -0.25) is 4.79 Å². The zero-order chi connectivity index (χ0) is 22.0. The van der Waals surface area contributed by atoms with Crippen molar-refractivity contribution in [3.05, 3.63) is 104 Å². The highest BCUT2D eigenvalue weighted by atomic mass is 35.5. The van der Waals surface area contributed by atoms with E-state index in [0.717, 1.165) is 5.56 Å². The van der Waals surface area contributed by atoms with Crippen molar-refractivity contribution in [1.82, 2.24) is 0 Å². The van der Waals surface area contributed by atoms with Gasteiger partial charge in [0.1, 0.15) is 23.0 Å². The molecule has 1 aliphatic rings. The Kier molecular flexibility index (Phi) is 6.10. The van der Waals surface area contributed by atoms with Gasteiger partial charge in [-0.15, -0.1) is 0 Å². The smallest absolute Gasteiger partial charge is 0.245 e. The minimum Gasteiger partial charge on any atom is -0.588 e. The highest BCUT2D eigenvalue weighted by molar-refractivity contribution is 7.97. The second-order valence-electron chi connectivity index (χ2n) is 6.75. The van der Waals surface area contributed by atoms with Crippen molar-refractivity contribution >= 4 is 40.5 Å². The molecule has 1 N–H and O–H groups in total. The van der Waals surface area contributed by atoms with Crippen LogP contribution in [-0.2, 0) is 17.8 Å². The van der Waals surface area contributed by atoms with Gasteiger partial charge < -0.3 is 4.55 Å². The number of fused-ring (bicyclic) bond motifs is 1. The van der Waals surface area contributed by atoms with Gasteiger partial charge in [0.15, 0.2) is 0 Å². The number of hydrogen-bond acceptors (Lipinski definition) is 3. The fourth-order valence-corrected chi connectivity index (χ4v) is 4.19. The molecule has 0 saturated heterocycles. The molecule has 31 heavy (non-hydrogen) atoms. The summed E-state index contributed by atoms with van der Waals surface area (Å²) in [5, 5.41) is -0.0875. The summed E-state index contributed by atoms with van der Waals surface area (Å²) in [7, 11) is 0. The van der Waals surface area contributed by atoms with Crippen molar-refractivity contribution in [3.63, 3.8) is 0 Å². The summed E-state index contributed by atoms with van der Waals surface area (Å²) in [5.74, 6) is 4.70. The summed E-state index contributed by atoms with van der Waals surface area (Å²) < 4.78 is 41.7. The molecule has 1 unspecified atom stereocenters. The number of carbonyl (C=O) groups excluding carboxylic acids is 1. The summed E-state index contributed by atoms with van der Waals surface area (Å²) in [6.07, 6.45) is 1.86. The third kappa shape index (κ3) is 4.80. The van der Waals surface area contributed by atoms with E-state index in [1.807, 2.05) is 0 Å². The zero-order valence-corrected chi connectivity index (χ0v) is 17.5. The summed E-state index contributed by atoms with van der Waals surface area (Å²) in [6.45, 7) is 0. The molecule has 0 fully saturated rings. The number of allylic oxidation sites excluding steroid dienone is 1. The molecule has 0 amide bonds. The lowest BCUT2D eigenvalue weighted by atomic mass is 10.0. The summed E-state index contributed by atoms with van der Waals surface area (Å²) in [5.41, 5.74) is 2.74. The predicted molar refractivity (Wildman–Crippen MR) is 119 cm³/mol. The number of benzene rings is 3. The first-order valence-corrected chi connectivity index (χ1v) is 10.7. The van der Waals surface area contributed by atoms with Crippen LogP contribution in [0.2, 0.25) is 5.02 Å². The number of Topliss-reactive ketones (excluding diaryl/α,β-unsaturated/α-hetero) is 1. The number of ketones is 1. The SMILES string of the molecule is O=C1/C(=C/c2ccc(F)c(Cl)c2)[S+]([O-])Nc2ccc(C#CCc3ccc(F)cc3)cc21. The number of hydrogen-bond donors (Lipinski definition) is 1. The van der Waals surface area contributed by atoms with Crippen LogP contribution in [0, 0.1) is 23.5 Å². The molecule has 0 aromatic heterocycles. The first kappa shape index (κ1) is 21.1. The first-order chi connectivity index (χ1) is 14.9. The van der Waals surface area contributed by atoms with E-state index >= 15 is 0 Å². The van der Waals surface area contributed by atoms with Gasteiger partial charge in [-0.1, -0.05) is 41.6 Å². The Hall–Kier alpha value is -3.11. The molecule has 0 aliphatic carbocycles. The fraction of sp³-hybridized carbons (Fsp3) is 0.0417. The van der Waals surface area contributed by atoms with E-state index in [4.69, 9.17) is 11.6 Å².